The van der Waals surface area contributed by atoms with Gasteiger partial charge in [-0.15, -0.1) is 0 Å². The van der Waals surface area contributed by atoms with Crippen molar-refractivity contribution >= 4 is 0 Å². The van der Waals surface area contributed by atoms with Crippen LogP contribution in [0.5, 0.6) is 0 Å². The van der Waals surface area contributed by atoms with E-state index in [0.29, 0.717) is 12.0 Å². The van der Waals surface area contributed by atoms with E-state index in [4.69, 9.17) is 0 Å². The van der Waals surface area contributed by atoms with E-state index in [2.05, 4.69) is 6.92 Å². The fourth-order valence-electron chi connectivity index (χ4n) is 2.80. The number of alkyl halides is 3. The molecule has 0 heterocycles. The van der Waals surface area contributed by atoms with Crippen LogP contribution in [0.15, 0.2) is 18.2 Å². The van der Waals surface area contributed by atoms with Crippen LogP contribution in [-0.2, 0) is 6.18 Å². The maximum atomic E-state index is 13.7. The molecule has 1 unspecified atom stereocenters. The Bertz CT molecular complexity index is 461. The van der Waals surface area contributed by atoms with Gasteiger partial charge in [-0.25, -0.2) is 4.39 Å². The molecular weight excluding hydrogens is 272 g/mol. The highest BCUT2D eigenvalue weighted by atomic mass is 19.4. The second-order valence-corrected chi connectivity index (χ2v) is 5.70. The van der Waals surface area contributed by atoms with Gasteiger partial charge < -0.3 is 5.11 Å². The highest BCUT2D eigenvalue weighted by Crippen LogP contribution is 2.39. The lowest BCUT2D eigenvalue weighted by molar-refractivity contribution is -0.137. The molecule has 0 bridgehead atoms. The summed E-state index contributed by atoms with van der Waals surface area (Å²) >= 11 is 0. The Kier molecular flexibility index (Phi) is 4.37. The fourth-order valence-corrected chi connectivity index (χ4v) is 2.80. The maximum Gasteiger partial charge on any atom is 0.416 e. The molecule has 20 heavy (non-hydrogen) atoms. The van der Waals surface area contributed by atoms with Crippen molar-refractivity contribution in [2.24, 2.45) is 11.8 Å². The van der Waals surface area contributed by atoms with Crippen LogP contribution in [0.4, 0.5) is 17.6 Å². The standard InChI is InChI=1S/C15H18F4O/c1-9-2-4-10(5-3-9)14(20)12-8-11(15(17,18)19)6-7-13(12)16/h6-10,14,20H,2-5H2,1H3. The summed E-state index contributed by atoms with van der Waals surface area (Å²) in [6.07, 6.45) is -2.41. The van der Waals surface area contributed by atoms with Gasteiger partial charge in [0.05, 0.1) is 11.7 Å². The van der Waals surface area contributed by atoms with Gasteiger partial charge in [-0.1, -0.05) is 19.8 Å². The molecule has 0 amide bonds. The highest BCUT2D eigenvalue weighted by molar-refractivity contribution is 5.29. The third-order valence-electron chi connectivity index (χ3n) is 4.15. The number of rotatable bonds is 2. The predicted octanol–water partition coefficient (Wildman–Crippen LogP) is 4.70. The van der Waals surface area contributed by atoms with E-state index in [9.17, 15) is 22.7 Å². The van der Waals surface area contributed by atoms with Crippen molar-refractivity contribution in [3.63, 3.8) is 0 Å². The molecule has 1 N–H and O–H groups in total. The average Bonchev–Trinajstić information content (AvgIpc) is 2.38. The molecule has 2 rings (SSSR count). The van der Waals surface area contributed by atoms with Crippen molar-refractivity contribution in [3.05, 3.63) is 35.1 Å². The van der Waals surface area contributed by atoms with Crippen LogP contribution >= 0.6 is 0 Å². The van der Waals surface area contributed by atoms with Crippen LogP contribution in [0.1, 0.15) is 49.8 Å². The molecule has 1 saturated carbocycles. The number of hydrogen-bond acceptors (Lipinski definition) is 1. The molecule has 5 heteroatoms. The van der Waals surface area contributed by atoms with E-state index in [1.165, 1.54) is 0 Å². The molecule has 0 radical (unpaired) electrons. The molecule has 112 valence electrons. The Hall–Kier alpha value is -1.10. The Morgan fingerprint density at radius 3 is 2.30 bits per heavy atom. The van der Waals surface area contributed by atoms with E-state index < -0.39 is 23.7 Å². The molecular formula is C15H18F4O. The van der Waals surface area contributed by atoms with Gasteiger partial charge in [0.25, 0.3) is 0 Å². The monoisotopic (exact) mass is 290 g/mol. The van der Waals surface area contributed by atoms with Gasteiger partial charge in [-0.2, -0.15) is 13.2 Å². The topological polar surface area (TPSA) is 20.2 Å². The highest BCUT2D eigenvalue weighted by Gasteiger charge is 2.33. The van der Waals surface area contributed by atoms with E-state index in [1.54, 1.807) is 0 Å². The van der Waals surface area contributed by atoms with Gasteiger partial charge in [0, 0.05) is 5.56 Å². The zero-order chi connectivity index (χ0) is 14.9. The summed E-state index contributed by atoms with van der Waals surface area (Å²) in [5.74, 6) is -0.377. The Balaban J connectivity index is 2.22. The first-order valence-corrected chi connectivity index (χ1v) is 6.83. The van der Waals surface area contributed by atoms with Crippen LogP contribution in [0.25, 0.3) is 0 Å². The average molecular weight is 290 g/mol. The summed E-state index contributed by atoms with van der Waals surface area (Å²) in [5.41, 5.74) is -1.16. The number of aliphatic hydroxyl groups is 1. The summed E-state index contributed by atoms with van der Waals surface area (Å²) < 4.78 is 51.7. The Morgan fingerprint density at radius 2 is 1.75 bits per heavy atom. The molecule has 0 saturated heterocycles. The van der Waals surface area contributed by atoms with E-state index in [1.807, 2.05) is 0 Å². The van der Waals surface area contributed by atoms with Gasteiger partial charge >= 0.3 is 6.18 Å². The number of halogens is 4. The van der Waals surface area contributed by atoms with Gasteiger partial charge in [0.2, 0.25) is 0 Å². The summed E-state index contributed by atoms with van der Waals surface area (Å²) in [5, 5.41) is 10.2. The molecule has 0 aliphatic heterocycles. The van der Waals surface area contributed by atoms with Crippen LogP contribution in [0.3, 0.4) is 0 Å². The quantitative estimate of drug-likeness (QED) is 0.782. The lowest BCUT2D eigenvalue weighted by Crippen LogP contribution is -2.20. The summed E-state index contributed by atoms with van der Waals surface area (Å²) in [6, 6.07) is 2.22. The minimum absolute atomic E-state index is 0.163. The lowest BCUT2D eigenvalue weighted by atomic mass is 9.78. The smallest absolute Gasteiger partial charge is 0.388 e. The molecule has 1 aromatic carbocycles. The van der Waals surface area contributed by atoms with Crippen molar-refractivity contribution in [2.75, 3.05) is 0 Å². The third kappa shape index (κ3) is 3.32. The van der Waals surface area contributed by atoms with Crippen LogP contribution in [0.2, 0.25) is 0 Å². The molecule has 1 fully saturated rings. The first-order valence-electron chi connectivity index (χ1n) is 6.83. The third-order valence-corrected chi connectivity index (χ3v) is 4.15. The van der Waals surface area contributed by atoms with Crippen LogP contribution in [-0.4, -0.2) is 5.11 Å². The normalized spacial score (nSPS) is 25.5. The molecule has 0 spiro atoms. The lowest BCUT2D eigenvalue weighted by Gasteiger charge is -2.30. The maximum absolute atomic E-state index is 13.7. The van der Waals surface area contributed by atoms with Gasteiger partial charge in [-0.3, -0.25) is 0 Å². The van der Waals surface area contributed by atoms with Gasteiger partial charge in [-0.05, 0) is 42.9 Å². The van der Waals surface area contributed by atoms with Crippen molar-refractivity contribution in [2.45, 2.75) is 44.9 Å². The van der Waals surface area contributed by atoms with Gasteiger partial charge in [0.1, 0.15) is 5.82 Å². The Morgan fingerprint density at radius 1 is 1.15 bits per heavy atom. The number of aliphatic hydroxyl groups excluding tert-OH is 1. The molecule has 1 atom stereocenters. The Labute approximate surface area is 115 Å². The molecule has 0 aromatic heterocycles. The van der Waals surface area contributed by atoms with Crippen LogP contribution < -0.4 is 0 Å². The number of benzene rings is 1. The van der Waals surface area contributed by atoms with Crippen LogP contribution in [0, 0.1) is 17.7 Å². The zero-order valence-corrected chi connectivity index (χ0v) is 11.3. The van der Waals surface area contributed by atoms with Crippen molar-refractivity contribution in [1.29, 1.82) is 0 Å². The first-order chi connectivity index (χ1) is 9.29. The fraction of sp³-hybridized carbons (Fsp3) is 0.600. The van der Waals surface area contributed by atoms with E-state index >= 15 is 0 Å². The van der Waals surface area contributed by atoms with Crippen molar-refractivity contribution in [3.8, 4) is 0 Å². The molecule has 1 aliphatic carbocycles. The van der Waals surface area contributed by atoms with Crippen molar-refractivity contribution in [1.82, 2.24) is 0 Å². The van der Waals surface area contributed by atoms with Crippen molar-refractivity contribution < 1.29 is 22.7 Å². The summed E-state index contributed by atoms with van der Waals surface area (Å²) in [7, 11) is 0. The second kappa shape index (κ2) is 5.72. The van der Waals surface area contributed by atoms with E-state index in [0.717, 1.165) is 37.8 Å². The minimum atomic E-state index is -4.52. The summed E-state index contributed by atoms with van der Waals surface area (Å²) in [4.78, 5) is 0. The van der Waals surface area contributed by atoms with E-state index in [-0.39, 0.29) is 11.5 Å². The van der Waals surface area contributed by atoms with Gasteiger partial charge in [0.15, 0.2) is 0 Å². The predicted molar refractivity (Wildman–Crippen MR) is 67.5 cm³/mol. The largest absolute Gasteiger partial charge is 0.416 e. The molecule has 1 nitrogen and oxygen atoms in total. The molecule has 1 aromatic rings. The molecule has 1 aliphatic rings. The SMILES string of the molecule is CC1CCC(C(O)c2cc(C(F)(F)F)ccc2F)CC1. The first kappa shape index (κ1) is 15.3. The zero-order valence-electron chi connectivity index (χ0n) is 11.3. The summed E-state index contributed by atoms with van der Waals surface area (Å²) in [6.45, 7) is 2.10. The number of hydrogen-bond donors (Lipinski definition) is 1. The minimum Gasteiger partial charge on any atom is -0.388 e. The second-order valence-electron chi connectivity index (χ2n) is 5.70.